The first kappa shape index (κ1) is 21.0. The predicted octanol–water partition coefficient (Wildman–Crippen LogP) is 1.99. The highest BCUT2D eigenvalue weighted by atomic mass is 16.6. The third kappa shape index (κ3) is 4.67. The third-order valence-electron chi connectivity index (χ3n) is 5.64. The van der Waals surface area contributed by atoms with Gasteiger partial charge in [0.1, 0.15) is 23.1 Å². The van der Waals surface area contributed by atoms with Gasteiger partial charge in [-0.3, -0.25) is 4.79 Å². The minimum Gasteiger partial charge on any atom is -0.444 e. The highest BCUT2D eigenvalue weighted by Crippen LogP contribution is 2.26. The zero-order valence-corrected chi connectivity index (χ0v) is 17.9. The Bertz CT molecular complexity index is 1180. The molecule has 2 amide bonds. The zero-order valence-electron chi connectivity index (χ0n) is 17.9. The molecular weight excluding hydrogens is 428 g/mol. The number of carbonyl (C=O) groups is 2. The Morgan fingerprint density at radius 2 is 1.94 bits per heavy atom. The number of fused-ring (bicyclic) bond motifs is 1. The molecule has 2 fully saturated rings. The molecule has 0 bridgehead atoms. The second kappa shape index (κ2) is 8.94. The van der Waals surface area contributed by atoms with E-state index < -0.39 is 6.09 Å². The van der Waals surface area contributed by atoms with E-state index in [1.165, 1.54) is 0 Å². The number of rotatable bonds is 5. The first-order valence-corrected chi connectivity index (χ1v) is 10.8. The molecule has 0 aliphatic carbocycles. The third-order valence-corrected chi connectivity index (χ3v) is 5.64. The number of aromatic nitrogens is 2. The molecule has 3 aromatic rings. The van der Waals surface area contributed by atoms with Crippen LogP contribution in [0.1, 0.15) is 16.9 Å². The van der Waals surface area contributed by atoms with Crippen LogP contribution in [-0.4, -0.2) is 67.5 Å². The normalized spacial score (nSPS) is 18.5. The fraction of sp³-hybridized carbons (Fsp3) is 0.364. The molecule has 1 unspecified atom stereocenters. The van der Waals surface area contributed by atoms with Gasteiger partial charge in [-0.15, -0.1) is 0 Å². The number of oxazole rings is 1. The number of nitrogens with one attached hydrogen (secondary N) is 1. The fourth-order valence-electron chi connectivity index (χ4n) is 4.00. The summed E-state index contributed by atoms with van der Waals surface area (Å²) in [6, 6.07) is 11.1. The average Bonchev–Trinajstić information content (AvgIpc) is 3.46. The molecule has 1 atom stereocenters. The fourth-order valence-corrected chi connectivity index (χ4v) is 4.00. The number of anilines is 3. The van der Waals surface area contributed by atoms with E-state index in [4.69, 9.17) is 19.6 Å². The summed E-state index contributed by atoms with van der Waals surface area (Å²) in [6.07, 6.45) is -0.411. The minimum atomic E-state index is -0.788. The molecule has 172 valence electrons. The quantitative estimate of drug-likeness (QED) is 0.595. The van der Waals surface area contributed by atoms with Crippen molar-refractivity contribution in [2.24, 2.45) is 5.73 Å². The molecule has 0 saturated carbocycles. The summed E-state index contributed by atoms with van der Waals surface area (Å²) in [7, 11) is 0. The highest BCUT2D eigenvalue weighted by Gasteiger charge is 2.26. The van der Waals surface area contributed by atoms with E-state index in [0.717, 1.165) is 18.6 Å². The van der Waals surface area contributed by atoms with E-state index in [2.05, 4.69) is 15.3 Å². The van der Waals surface area contributed by atoms with E-state index in [-0.39, 0.29) is 17.7 Å². The highest BCUT2D eigenvalue weighted by molar-refractivity contribution is 6.03. The Hall–Kier alpha value is -3.86. The Morgan fingerprint density at radius 3 is 2.76 bits per heavy atom. The first-order chi connectivity index (χ1) is 16.0. The lowest BCUT2D eigenvalue weighted by Crippen LogP contribution is -2.36. The summed E-state index contributed by atoms with van der Waals surface area (Å²) in [5.41, 5.74) is 7.27. The van der Waals surface area contributed by atoms with E-state index in [1.54, 1.807) is 24.3 Å². The standard InChI is InChI=1S/C22H24N6O5/c23-21(30)32-15-6-7-28(13-15)19-3-1-2-17(25-19)20(29)24-14-4-5-16-18(12-14)33-22(26-16)27-8-10-31-11-9-27/h1-5,12,15H,6-11,13H2,(H2,23,30)(H,24,29). The molecule has 2 aromatic heterocycles. The van der Waals surface area contributed by atoms with Crippen molar-refractivity contribution in [3.63, 3.8) is 0 Å². The van der Waals surface area contributed by atoms with Crippen LogP contribution in [0.5, 0.6) is 0 Å². The molecule has 33 heavy (non-hydrogen) atoms. The van der Waals surface area contributed by atoms with E-state index in [0.29, 0.717) is 55.8 Å². The van der Waals surface area contributed by atoms with E-state index in [9.17, 15) is 9.59 Å². The number of ether oxygens (including phenoxy) is 2. The molecule has 1 aromatic carbocycles. The van der Waals surface area contributed by atoms with Gasteiger partial charge in [0.25, 0.3) is 11.9 Å². The lowest BCUT2D eigenvalue weighted by atomic mass is 10.2. The van der Waals surface area contributed by atoms with Crippen LogP contribution in [0.3, 0.4) is 0 Å². The number of amides is 2. The number of nitrogens with zero attached hydrogens (tertiary/aromatic N) is 4. The number of benzene rings is 1. The molecule has 5 rings (SSSR count). The van der Waals surface area contributed by atoms with E-state index in [1.807, 2.05) is 21.9 Å². The second-order valence-corrected chi connectivity index (χ2v) is 7.91. The Balaban J connectivity index is 1.27. The molecule has 0 radical (unpaired) electrons. The topological polar surface area (TPSA) is 136 Å². The minimum absolute atomic E-state index is 0.276. The SMILES string of the molecule is NC(=O)OC1CCN(c2cccc(C(=O)Nc3ccc4nc(N5CCOCC5)oc4c3)n2)C1. The monoisotopic (exact) mass is 452 g/mol. The van der Waals surface area contributed by atoms with Gasteiger partial charge in [-0.25, -0.2) is 9.78 Å². The number of hydrogen-bond donors (Lipinski definition) is 2. The van der Waals surface area contributed by atoms with Crippen molar-refractivity contribution in [2.45, 2.75) is 12.5 Å². The van der Waals surface area contributed by atoms with Crippen molar-refractivity contribution in [1.82, 2.24) is 9.97 Å². The summed E-state index contributed by atoms with van der Waals surface area (Å²) in [5, 5.41) is 2.86. The van der Waals surface area contributed by atoms with Crippen LogP contribution >= 0.6 is 0 Å². The number of primary amides is 1. The number of nitrogens with two attached hydrogens (primary N) is 1. The van der Waals surface area contributed by atoms with Crippen molar-refractivity contribution >= 4 is 40.6 Å². The van der Waals surface area contributed by atoms with E-state index >= 15 is 0 Å². The number of morpholine rings is 1. The van der Waals surface area contributed by atoms with Crippen molar-refractivity contribution in [1.29, 1.82) is 0 Å². The van der Waals surface area contributed by atoms with Gasteiger partial charge in [-0.1, -0.05) is 6.07 Å². The molecule has 3 N–H and O–H groups in total. The van der Waals surface area contributed by atoms with Gasteiger partial charge in [0.05, 0.1) is 19.8 Å². The van der Waals surface area contributed by atoms with Crippen LogP contribution in [-0.2, 0) is 9.47 Å². The number of pyridine rings is 1. The smallest absolute Gasteiger partial charge is 0.404 e. The maximum Gasteiger partial charge on any atom is 0.404 e. The van der Waals surface area contributed by atoms with Crippen molar-refractivity contribution < 1.29 is 23.5 Å². The van der Waals surface area contributed by atoms with Crippen LogP contribution in [0.15, 0.2) is 40.8 Å². The number of hydrogen-bond acceptors (Lipinski definition) is 9. The van der Waals surface area contributed by atoms with Gasteiger partial charge in [-0.2, -0.15) is 4.98 Å². The predicted molar refractivity (Wildman–Crippen MR) is 121 cm³/mol. The summed E-state index contributed by atoms with van der Waals surface area (Å²) in [5.74, 6) is 0.298. The average molecular weight is 452 g/mol. The molecule has 11 nitrogen and oxygen atoms in total. The Kier molecular flexibility index (Phi) is 5.69. The maximum atomic E-state index is 12.8. The molecular formula is C22H24N6O5. The molecule has 2 aliphatic heterocycles. The lowest BCUT2D eigenvalue weighted by Gasteiger charge is -2.24. The van der Waals surface area contributed by atoms with Gasteiger partial charge >= 0.3 is 6.09 Å². The van der Waals surface area contributed by atoms with Gasteiger partial charge < -0.3 is 34.7 Å². The summed E-state index contributed by atoms with van der Waals surface area (Å²) < 4.78 is 16.3. The van der Waals surface area contributed by atoms with Crippen LogP contribution in [0.2, 0.25) is 0 Å². The molecule has 2 saturated heterocycles. The van der Waals surface area contributed by atoms with Gasteiger partial charge in [-0.05, 0) is 24.3 Å². The van der Waals surface area contributed by atoms with Crippen molar-refractivity contribution in [3.05, 3.63) is 42.1 Å². The lowest BCUT2D eigenvalue weighted by molar-refractivity contribution is 0.102. The first-order valence-electron chi connectivity index (χ1n) is 10.8. The summed E-state index contributed by atoms with van der Waals surface area (Å²) in [6.45, 7) is 3.87. The maximum absolute atomic E-state index is 12.8. The van der Waals surface area contributed by atoms with Crippen molar-refractivity contribution in [2.75, 3.05) is 54.5 Å². The van der Waals surface area contributed by atoms with Gasteiger partial charge in [0, 0.05) is 37.8 Å². The number of carbonyl (C=O) groups excluding carboxylic acids is 2. The van der Waals surface area contributed by atoms with Crippen LogP contribution < -0.4 is 20.9 Å². The molecule has 4 heterocycles. The van der Waals surface area contributed by atoms with Gasteiger partial charge in [0.15, 0.2) is 5.58 Å². The van der Waals surface area contributed by atoms with Crippen LogP contribution in [0, 0.1) is 0 Å². The zero-order chi connectivity index (χ0) is 22.8. The summed E-state index contributed by atoms with van der Waals surface area (Å²) >= 11 is 0. The summed E-state index contributed by atoms with van der Waals surface area (Å²) in [4.78, 5) is 36.8. The van der Waals surface area contributed by atoms with Crippen LogP contribution in [0.25, 0.3) is 11.1 Å². The molecule has 11 heteroatoms. The second-order valence-electron chi connectivity index (χ2n) is 7.91. The van der Waals surface area contributed by atoms with Crippen molar-refractivity contribution in [3.8, 4) is 0 Å². The van der Waals surface area contributed by atoms with Gasteiger partial charge in [0.2, 0.25) is 0 Å². The largest absolute Gasteiger partial charge is 0.444 e. The molecule has 2 aliphatic rings. The Morgan fingerprint density at radius 1 is 1.09 bits per heavy atom. The molecule has 0 spiro atoms. The Labute approximate surface area is 189 Å². The van der Waals surface area contributed by atoms with Crippen LogP contribution in [0.4, 0.5) is 22.3 Å².